The molecule has 0 saturated heterocycles. The number of nitrogens with zero attached hydrogens (tertiary/aromatic N) is 2. The van der Waals surface area contributed by atoms with Crippen molar-refractivity contribution in [1.82, 2.24) is 0 Å². The molecule has 0 saturated carbocycles. The summed E-state index contributed by atoms with van der Waals surface area (Å²) in [6, 6.07) is 42.2. The lowest BCUT2D eigenvalue weighted by molar-refractivity contribution is 0.332. The van der Waals surface area contributed by atoms with E-state index < -0.39 is 0 Å². The minimum Gasteiger partial charge on any atom is -0.456 e. The predicted molar refractivity (Wildman–Crippen MR) is 336 cm³/mol. The number of rotatable bonds is 2. The highest BCUT2D eigenvalue weighted by Gasteiger charge is 2.50. The molecule has 0 radical (unpaired) electrons. The van der Waals surface area contributed by atoms with E-state index in [1.165, 1.54) is 141 Å². The molecule has 4 heteroatoms. The van der Waals surface area contributed by atoms with Gasteiger partial charge in [0.05, 0.1) is 0 Å². The molecule has 3 aliphatic carbocycles. The highest BCUT2D eigenvalue weighted by atomic mass is 16.3. The van der Waals surface area contributed by atoms with Crippen LogP contribution in [0.4, 0.5) is 34.1 Å². The standard InChI is InChI=1S/C74H85BN2O/c1-42-31-50-52(71(13,14)29-27-69(50,9)10)38-58(42)76-60-40-55-54(73(17,18)48-23-21-22-24-49(48)74(55,19)20)37-57(60)75-56-36-47-46-33-44(67(3,4)5)25-26-64(46)78-65(47)41-61(56)77(63-35-45(68(6,7)8)34-62(76)66(63)75)59-39-53-51(32-43(59)2)70(11,12)28-30-72(53,15)16/h21-26,31-41H,27-30H2,1-20H3. The molecule has 0 spiro atoms. The van der Waals surface area contributed by atoms with Crippen molar-refractivity contribution < 1.29 is 4.42 Å². The summed E-state index contributed by atoms with van der Waals surface area (Å²) < 4.78 is 7.08. The monoisotopic (exact) mass is 1030 g/mol. The van der Waals surface area contributed by atoms with Crippen molar-refractivity contribution in [3.05, 3.63) is 170 Å². The zero-order valence-corrected chi connectivity index (χ0v) is 51.0. The maximum Gasteiger partial charge on any atom is 0.252 e. The van der Waals surface area contributed by atoms with E-state index in [9.17, 15) is 0 Å². The van der Waals surface area contributed by atoms with Gasteiger partial charge in [-0.3, -0.25) is 0 Å². The second-order valence-electron chi connectivity index (χ2n) is 30.9. The number of hydrogen-bond acceptors (Lipinski definition) is 3. The van der Waals surface area contributed by atoms with Crippen LogP contribution in [-0.4, -0.2) is 6.71 Å². The number of aryl methyl sites for hydroxylation is 2. The van der Waals surface area contributed by atoms with Gasteiger partial charge in [-0.15, -0.1) is 0 Å². The predicted octanol–water partition coefficient (Wildman–Crippen LogP) is 18.5. The number of hydrogen-bond donors (Lipinski definition) is 0. The van der Waals surface area contributed by atoms with Crippen LogP contribution in [0.15, 0.2) is 108 Å². The fourth-order valence-electron chi connectivity index (χ4n) is 15.5. The highest BCUT2D eigenvalue weighted by Crippen LogP contribution is 2.57. The van der Waals surface area contributed by atoms with Crippen molar-refractivity contribution in [2.45, 2.75) is 207 Å². The molecule has 8 aromatic rings. The first-order chi connectivity index (χ1) is 36.2. The van der Waals surface area contributed by atoms with Gasteiger partial charge in [0.1, 0.15) is 11.2 Å². The van der Waals surface area contributed by atoms with Crippen molar-refractivity contribution in [1.29, 1.82) is 0 Å². The Labute approximate surface area is 468 Å². The molecule has 0 fully saturated rings. The van der Waals surface area contributed by atoms with Crippen molar-refractivity contribution in [3.63, 3.8) is 0 Å². The SMILES string of the molecule is Cc1cc2c(cc1N1c3cc4c(cc3B3c5cc6c(cc5N(c5cc7c(cc5C)C(C)(C)CCC7(C)C)c5cc(C(C)(C)C)cc1c53)oc1ccc(C(C)(C)C)cc16)C(C)(C)c1ccccc1C4(C)C)C(C)(C)CCC2(C)C. The Hall–Kier alpha value is -6.00. The molecule has 1 aromatic heterocycles. The molecule has 0 unspecified atom stereocenters. The first-order valence-corrected chi connectivity index (χ1v) is 29.6. The second-order valence-corrected chi connectivity index (χ2v) is 30.9. The first kappa shape index (κ1) is 51.4. The van der Waals surface area contributed by atoms with Crippen molar-refractivity contribution in [2.75, 3.05) is 9.80 Å². The van der Waals surface area contributed by atoms with Crippen LogP contribution >= 0.6 is 0 Å². The smallest absolute Gasteiger partial charge is 0.252 e. The van der Waals surface area contributed by atoms with Crippen LogP contribution in [0.3, 0.4) is 0 Å². The van der Waals surface area contributed by atoms with Crippen molar-refractivity contribution in [2.24, 2.45) is 0 Å². The molecule has 13 rings (SSSR count). The van der Waals surface area contributed by atoms with Gasteiger partial charge in [-0.05, 0) is 198 Å². The van der Waals surface area contributed by atoms with Gasteiger partial charge in [0.2, 0.25) is 0 Å². The Morgan fingerprint density at radius 1 is 0.385 bits per heavy atom. The molecule has 5 aliphatic rings. The molecule has 0 atom stereocenters. The largest absolute Gasteiger partial charge is 0.456 e. The van der Waals surface area contributed by atoms with Crippen LogP contribution < -0.4 is 26.2 Å². The summed E-state index contributed by atoms with van der Waals surface area (Å²) in [5, 5.41) is 2.37. The van der Waals surface area contributed by atoms with E-state index in [0.717, 1.165) is 24.0 Å². The molecular weight excluding hydrogens is 944 g/mol. The maximum absolute atomic E-state index is 7.08. The molecule has 2 aliphatic heterocycles. The van der Waals surface area contributed by atoms with Crippen molar-refractivity contribution in [3.8, 4) is 0 Å². The quantitative estimate of drug-likeness (QED) is 0.161. The van der Waals surface area contributed by atoms with Crippen LogP contribution in [-0.2, 0) is 43.3 Å². The van der Waals surface area contributed by atoms with E-state index in [-0.39, 0.29) is 50.0 Å². The molecule has 0 bridgehead atoms. The van der Waals surface area contributed by atoms with Crippen LogP contribution in [0.2, 0.25) is 0 Å². The Morgan fingerprint density at radius 3 is 1.27 bits per heavy atom. The third kappa shape index (κ3) is 7.14. The Kier molecular flexibility index (Phi) is 10.5. The number of anilines is 6. The van der Waals surface area contributed by atoms with E-state index in [0.29, 0.717) is 0 Å². The zero-order valence-electron chi connectivity index (χ0n) is 51.0. The summed E-state index contributed by atoms with van der Waals surface area (Å²) in [5.41, 5.74) is 30.1. The van der Waals surface area contributed by atoms with Gasteiger partial charge < -0.3 is 14.2 Å². The summed E-state index contributed by atoms with van der Waals surface area (Å²) in [6.07, 6.45) is 4.67. The van der Waals surface area contributed by atoms with E-state index in [2.05, 4.69) is 251 Å². The summed E-state index contributed by atoms with van der Waals surface area (Å²) >= 11 is 0. The van der Waals surface area contributed by atoms with Gasteiger partial charge in [0.25, 0.3) is 6.71 Å². The summed E-state index contributed by atoms with van der Waals surface area (Å²) in [7, 11) is 0. The fraction of sp³-hybridized carbons (Fsp3) is 0.432. The molecule has 7 aromatic carbocycles. The Bertz CT molecular complexity index is 3930. The molecule has 78 heavy (non-hydrogen) atoms. The lowest BCUT2D eigenvalue weighted by atomic mass is 9.33. The average molecular weight is 1030 g/mol. The maximum atomic E-state index is 7.08. The van der Waals surface area contributed by atoms with Gasteiger partial charge in [-0.25, -0.2) is 0 Å². The number of furan rings is 1. The third-order valence-corrected chi connectivity index (χ3v) is 21.0. The molecule has 3 nitrogen and oxygen atoms in total. The highest BCUT2D eigenvalue weighted by molar-refractivity contribution is 7.00. The minimum atomic E-state index is -0.240. The molecule has 400 valence electrons. The lowest BCUT2D eigenvalue weighted by Crippen LogP contribution is -2.62. The van der Waals surface area contributed by atoms with Crippen LogP contribution in [0.1, 0.15) is 217 Å². The van der Waals surface area contributed by atoms with E-state index in [1.807, 2.05) is 0 Å². The minimum absolute atomic E-state index is 0.0163. The van der Waals surface area contributed by atoms with Gasteiger partial charge in [0, 0.05) is 61.8 Å². The normalized spacial score (nSPS) is 19.6. The summed E-state index contributed by atoms with van der Waals surface area (Å²) in [6.45, 7) is 48.6. The number of fused-ring (bicyclic) bond motifs is 11. The van der Waals surface area contributed by atoms with Crippen LogP contribution in [0.25, 0.3) is 21.9 Å². The van der Waals surface area contributed by atoms with Gasteiger partial charge in [0.15, 0.2) is 0 Å². The van der Waals surface area contributed by atoms with E-state index >= 15 is 0 Å². The number of benzene rings is 7. The molecule has 0 N–H and O–H groups in total. The Balaban J connectivity index is 1.21. The van der Waals surface area contributed by atoms with Crippen LogP contribution in [0.5, 0.6) is 0 Å². The van der Waals surface area contributed by atoms with Gasteiger partial charge in [-0.2, -0.15) is 0 Å². The third-order valence-electron chi connectivity index (χ3n) is 21.0. The first-order valence-electron chi connectivity index (χ1n) is 29.6. The van der Waals surface area contributed by atoms with Gasteiger partial charge >= 0.3 is 0 Å². The molecule has 0 amide bonds. The fourth-order valence-corrected chi connectivity index (χ4v) is 15.5. The van der Waals surface area contributed by atoms with E-state index in [4.69, 9.17) is 4.42 Å². The molecule has 3 heterocycles. The van der Waals surface area contributed by atoms with Crippen molar-refractivity contribution >= 4 is 79.2 Å². The average Bonchev–Trinajstić information content (AvgIpc) is 3.83. The van der Waals surface area contributed by atoms with E-state index in [1.54, 1.807) is 0 Å². The summed E-state index contributed by atoms with van der Waals surface area (Å²) in [5.74, 6) is 0. The Morgan fingerprint density at radius 2 is 0.795 bits per heavy atom. The summed E-state index contributed by atoms with van der Waals surface area (Å²) in [4.78, 5) is 5.48. The van der Waals surface area contributed by atoms with Gasteiger partial charge in [-0.1, -0.05) is 179 Å². The topological polar surface area (TPSA) is 19.6 Å². The van der Waals surface area contributed by atoms with Crippen LogP contribution in [0, 0.1) is 13.8 Å². The zero-order chi connectivity index (χ0) is 55.7. The lowest BCUT2D eigenvalue weighted by Gasteiger charge is -2.49. The molecular formula is C74H85BN2O. The second kappa shape index (κ2) is 15.9.